The SMILES string of the molecule is CC1OC2CC(S(=O)O)CCC2C2CC(Cl)CCCC12. The third-order valence-corrected chi connectivity index (χ3v) is 7.15. The van der Waals surface area contributed by atoms with Gasteiger partial charge in [-0.3, -0.25) is 0 Å². The first-order valence-electron chi connectivity index (χ1n) is 7.95. The Bertz CT molecular complexity index is 378. The molecular weight excluding hydrogens is 296 g/mol. The summed E-state index contributed by atoms with van der Waals surface area (Å²) in [6.45, 7) is 2.18. The van der Waals surface area contributed by atoms with Crippen LogP contribution in [0.25, 0.3) is 0 Å². The van der Waals surface area contributed by atoms with Crippen molar-refractivity contribution in [2.24, 2.45) is 17.8 Å². The molecule has 0 aromatic rings. The van der Waals surface area contributed by atoms with Crippen molar-refractivity contribution in [1.82, 2.24) is 0 Å². The van der Waals surface area contributed by atoms with Gasteiger partial charge in [0.1, 0.15) is 0 Å². The van der Waals surface area contributed by atoms with Gasteiger partial charge in [-0.2, -0.15) is 0 Å². The Morgan fingerprint density at radius 1 is 1.10 bits per heavy atom. The lowest BCUT2D eigenvalue weighted by atomic mass is 9.67. The molecule has 0 spiro atoms. The van der Waals surface area contributed by atoms with Crippen LogP contribution in [-0.2, 0) is 15.8 Å². The maximum atomic E-state index is 11.3. The van der Waals surface area contributed by atoms with Crippen molar-refractivity contribution in [3.8, 4) is 0 Å². The highest BCUT2D eigenvalue weighted by molar-refractivity contribution is 7.79. The average molecular weight is 321 g/mol. The summed E-state index contributed by atoms with van der Waals surface area (Å²) in [5.74, 6) is 1.84. The fraction of sp³-hybridized carbons (Fsp3) is 1.00. The molecule has 3 rings (SSSR count). The minimum atomic E-state index is -1.70. The van der Waals surface area contributed by atoms with Crippen LogP contribution in [0, 0.1) is 17.8 Å². The van der Waals surface area contributed by atoms with Crippen molar-refractivity contribution in [3.63, 3.8) is 0 Å². The molecule has 2 aliphatic carbocycles. The zero-order chi connectivity index (χ0) is 14.3. The van der Waals surface area contributed by atoms with Crippen LogP contribution in [0.1, 0.15) is 51.9 Å². The molecule has 2 saturated carbocycles. The highest BCUT2D eigenvalue weighted by atomic mass is 35.5. The van der Waals surface area contributed by atoms with Crippen LogP contribution in [-0.4, -0.2) is 31.6 Å². The van der Waals surface area contributed by atoms with Gasteiger partial charge in [0, 0.05) is 5.38 Å². The number of hydrogen-bond acceptors (Lipinski definition) is 2. The molecule has 0 amide bonds. The van der Waals surface area contributed by atoms with E-state index in [0.717, 1.165) is 32.1 Å². The topological polar surface area (TPSA) is 46.5 Å². The summed E-state index contributed by atoms with van der Waals surface area (Å²) in [5, 5.41) is 0.207. The first-order valence-corrected chi connectivity index (χ1v) is 9.56. The Labute approximate surface area is 129 Å². The number of ether oxygens (including phenoxy) is 1. The molecule has 1 heterocycles. The quantitative estimate of drug-likeness (QED) is 0.593. The van der Waals surface area contributed by atoms with Gasteiger partial charge in [-0.1, -0.05) is 6.42 Å². The maximum Gasteiger partial charge on any atom is 0.156 e. The lowest BCUT2D eigenvalue weighted by Gasteiger charge is -2.49. The molecule has 0 aromatic carbocycles. The van der Waals surface area contributed by atoms with Crippen LogP contribution in [0.2, 0.25) is 0 Å². The number of hydrogen-bond donors (Lipinski definition) is 1. The van der Waals surface area contributed by atoms with E-state index in [1.807, 2.05) is 0 Å². The van der Waals surface area contributed by atoms with E-state index in [2.05, 4.69) is 6.92 Å². The van der Waals surface area contributed by atoms with Crippen LogP contribution >= 0.6 is 11.6 Å². The Morgan fingerprint density at radius 2 is 1.90 bits per heavy atom. The molecule has 3 nitrogen and oxygen atoms in total. The van der Waals surface area contributed by atoms with E-state index in [4.69, 9.17) is 16.3 Å². The fourth-order valence-corrected chi connectivity index (χ4v) is 5.83. The number of alkyl halides is 1. The van der Waals surface area contributed by atoms with Crippen molar-refractivity contribution < 1.29 is 13.5 Å². The van der Waals surface area contributed by atoms with Gasteiger partial charge < -0.3 is 9.29 Å². The summed E-state index contributed by atoms with van der Waals surface area (Å²) in [7, 11) is 0. The third-order valence-electron chi connectivity index (χ3n) is 5.75. The molecule has 8 unspecified atom stereocenters. The average Bonchev–Trinajstić information content (AvgIpc) is 2.60. The van der Waals surface area contributed by atoms with Gasteiger partial charge in [-0.15, -0.1) is 11.6 Å². The van der Waals surface area contributed by atoms with Crippen LogP contribution in [0.5, 0.6) is 0 Å². The predicted molar refractivity (Wildman–Crippen MR) is 81.3 cm³/mol. The van der Waals surface area contributed by atoms with E-state index < -0.39 is 11.1 Å². The zero-order valence-electron chi connectivity index (χ0n) is 12.0. The van der Waals surface area contributed by atoms with Crippen molar-refractivity contribution >= 4 is 22.7 Å². The molecule has 0 radical (unpaired) electrons. The monoisotopic (exact) mass is 320 g/mol. The van der Waals surface area contributed by atoms with Crippen molar-refractivity contribution in [3.05, 3.63) is 0 Å². The Balaban J connectivity index is 1.77. The zero-order valence-corrected chi connectivity index (χ0v) is 13.6. The summed E-state index contributed by atoms with van der Waals surface area (Å²) in [4.78, 5) is 0. The van der Waals surface area contributed by atoms with Gasteiger partial charge in [0.25, 0.3) is 0 Å². The van der Waals surface area contributed by atoms with E-state index in [-0.39, 0.29) is 17.5 Å². The van der Waals surface area contributed by atoms with Gasteiger partial charge in [0.15, 0.2) is 11.1 Å². The molecule has 3 fully saturated rings. The smallest absolute Gasteiger partial charge is 0.156 e. The molecule has 3 aliphatic rings. The standard InChI is InChI=1S/C15H25ClO3S/c1-9-12-4-2-3-10(16)7-14(12)13-6-5-11(20(17)18)8-15(13)19-9/h9-15H,2-8H2,1H3,(H,17,18). The minimum Gasteiger partial charge on any atom is -0.375 e. The van der Waals surface area contributed by atoms with Crippen LogP contribution in [0.15, 0.2) is 0 Å². The highest BCUT2D eigenvalue weighted by Gasteiger charge is 2.47. The van der Waals surface area contributed by atoms with Crippen LogP contribution in [0.4, 0.5) is 0 Å². The molecule has 1 N–H and O–H groups in total. The highest BCUT2D eigenvalue weighted by Crippen LogP contribution is 2.48. The second-order valence-corrected chi connectivity index (χ2v) is 8.68. The largest absolute Gasteiger partial charge is 0.375 e. The Hall–Kier alpha value is 0.360. The molecule has 5 heteroatoms. The van der Waals surface area contributed by atoms with E-state index >= 15 is 0 Å². The van der Waals surface area contributed by atoms with Crippen LogP contribution in [0.3, 0.4) is 0 Å². The first kappa shape index (κ1) is 15.3. The summed E-state index contributed by atoms with van der Waals surface area (Å²) in [6, 6.07) is 0. The van der Waals surface area contributed by atoms with E-state index in [1.165, 1.54) is 12.8 Å². The van der Waals surface area contributed by atoms with Gasteiger partial charge >= 0.3 is 0 Å². The molecule has 0 aromatic heterocycles. The molecule has 20 heavy (non-hydrogen) atoms. The summed E-state index contributed by atoms with van der Waals surface area (Å²) >= 11 is 4.76. The normalized spacial score (nSPS) is 50.6. The minimum absolute atomic E-state index is 0.0995. The van der Waals surface area contributed by atoms with E-state index in [0.29, 0.717) is 23.1 Å². The lowest BCUT2D eigenvalue weighted by Crippen LogP contribution is -2.50. The second-order valence-electron chi connectivity index (χ2n) is 6.85. The second kappa shape index (κ2) is 6.23. The van der Waals surface area contributed by atoms with Gasteiger partial charge in [-0.25, -0.2) is 4.21 Å². The molecule has 1 saturated heterocycles. The molecular formula is C15H25ClO3S. The first-order chi connectivity index (χ1) is 9.56. The number of halogens is 1. The number of fused-ring (bicyclic) bond motifs is 3. The van der Waals surface area contributed by atoms with Crippen molar-refractivity contribution in [2.75, 3.05) is 0 Å². The van der Waals surface area contributed by atoms with Crippen LogP contribution < -0.4 is 0 Å². The van der Waals surface area contributed by atoms with Gasteiger partial charge in [0.2, 0.25) is 0 Å². The molecule has 1 aliphatic heterocycles. The Morgan fingerprint density at radius 3 is 2.65 bits per heavy atom. The van der Waals surface area contributed by atoms with Crippen molar-refractivity contribution in [1.29, 1.82) is 0 Å². The number of rotatable bonds is 1. The van der Waals surface area contributed by atoms with Gasteiger partial charge in [-0.05, 0) is 63.2 Å². The molecule has 116 valence electrons. The van der Waals surface area contributed by atoms with E-state index in [1.54, 1.807) is 0 Å². The maximum absolute atomic E-state index is 11.3. The predicted octanol–water partition coefficient (Wildman–Crippen LogP) is 3.58. The third kappa shape index (κ3) is 2.94. The fourth-order valence-electron chi connectivity index (χ4n) is 4.77. The molecule has 0 bridgehead atoms. The summed E-state index contributed by atoms with van der Waals surface area (Å²) in [6.07, 6.45) is 7.75. The Kier molecular flexibility index (Phi) is 4.76. The lowest BCUT2D eigenvalue weighted by molar-refractivity contribution is -0.152. The van der Waals surface area contributed by atoms with Gasteiger partial charge in [0.05, 0.1) is 17.5 Å². The molecule has 8 atom stereocenters. The van der Waals surface area contributed by atoms with Crippen molar-refractivity contribution in [2.45, 2.75) is 74.7 Å². The summed E-state index contributed by atoms with van der Waals surface area (Å²) < 4.78 is 26.9. The summed E-state index contributed by atoms with van der Waals surface area (Å²) in [5.41, 5.74) is 0. The van der Waals surface area contributed by atoms with E-state index in [9.17, 15) is 8.76 Å².